The minimum atomic E-state index is -1.96. The van der Waals surface area contributed by atoms with E-state index in [0.29, 0.717) is 6.61 Å². The Balaban J connectivity index is 5.23. The predicted octanol–water partition coefficient (Wildman–Crippen LogP) is 5.13. The Labute approximate surface area is 151 Å². The Kier molecular flexibility index (Phi) is 8.14. The van der Waals surface area contributed by atoms with Gasteiger partial charge in [-0.3, -0.25) is 0 Å². The highest BCUT2D eigenvalue weighted by Crippen LogP contribution is 2.39. The molecule has 0 saturated heterocycles. The summed E-state index contributed by atoms with van der Waals surface area (Å²) in [5.74, 6) is -0.369. The van der Waals surface area contributed by atoms with E-state index >= 15 is 0 Å². The number of esters is 1. The van der Waals surface area contributed by atoms with E-state index < -0.39 is 16.6 Å². The van der Waals surface area contributed by atoms with E-state index in [9.17, 15) is 4.79 Å². The van der Waals surface area contributed by atoms with E-state index in [1.807, 2.05) is 0 Å². The van der Waals surface area contributed by atoms with Gasteiger partial charge < -0.3 is 13.6 Å². The molecule has 0 aromatic rings. The molecule has 6 heteroatoms. The molecule has 0 radical (unpaired) electrons. The van der Waals surface area contributed by atoms with Crippen LogP contribution in [0, 0.1) is 0 Å². The minimum absolute atomic E-state index is 0.0985. The Hall–Kier alpha value is -0.436. The third-order valence-corrected chi connectivity index (χ3v) is 14.3. The van der Waals surface area contributed by atoms with Crippen molar-refractivity contribution in [3.63, 3.8) is 0 Å². The van der Waals surface area contributed by atoms with E-state index in [1.54, 1.807) is 6.08 Å². The first kappa shape index (κ1) is 23.6. The predicted molar refractivity (Wildman–Crippen MR) is 106 cm³/mol. The third-order valence-electron chi connectivity index (χ3n) is 5.31. The van der Waals surface area contributed by atoms with Crippen molar-refractivity contribution in [3.05, 3.63) is 12.2 Å². The summed E-state index contributed by atoms with van der Waals surface area (Å²) < 4.78 is 17.5. The van der Waals surface area contributed by atoms with Crippen LogP contribution in [0.4, 0.5) is 0 Å². The fourth-order valence-corrected chi connectivity index (χ4v) is 3.72. The van der Waals surface area contributed by atoms with Gasteiger partial charge in [-0.25, -0.2) is 4.79 Å². The van der Waals surface area contributed by atoms with E-state index in [4.69, 9.17) is 13.6 Å². The third kappa shape index (κ3) is 7.21. The van der Waals surface area contributed by atoms with Crippen molar-refractivity contribution < 1.29 is 18.4 Å². The largest absolute Gasteiger partial charge is 0.466 e. The van der Waals surface area contributed by atoms with E-state index in [2.05, 4.69) is 67.7 Å². The second-order valence-corrected chi connectivity index (χ2v) is 18.9. The first-order valence-corrected chi connectivity index (χ1v) is 14.4. The van der Waals surface area contributed by atoms with Crippen LogP contribution in [0.1, 0.15) is 41.5 Å². The maximum absolute atomic E-state index is 11.5. The van der Waals surface area contributed by atoms with Crippen molar-refractivity contribution in [2.45, 2.75) is 83.9 Å². The fraction of sp³-hybridized carbons (Fsp3) is 0.833. The number of methoxy groups -OCH3 is 1. The average Bonchev–Trinajstić information content (AvgIpc) is 2.38. The van der Waals surface area contributed by atoms with Crippen LogP contribution < -0.4 is 0 Å². The van der Waals surface area contributed by atoms with Gasteiger partial charge in [0.25, 0.3) is 0 Å². The van der Waals surface area contributed by atoms with Crippen molar-refractivity contribution in [1.29, 1.82) is 0 Å². The van der Waals surface area contributed by atoms with Crippen LogP contribution in [0.3, 0.4) is 0 Å². The summed E-state index contributed by atoms with van der Waals surface area (Å²) in [5.41, 5.74) is 0. The first-order valence-electron chi connectivity index (χ1n) is 8.61. The lowest BCUT2D eigenvalue weighted by Gasteiger charge is -2.41. The molecule has 0 aliphatic rings. The summed E-state index contributed by atoms with van der Waals surface area (Å²) in [7, 11) is -2.45. The minimum Gasteiger partial charge on any atom is -0.466 e. The van der Waals surface area contributed by atoms with Gasteiger partial charge in [0.2, 0.25) is 0 Å². The SMILES string of the molecule is COC(=O)/C=C\C(CO[Si](C)(C)C(C)(C)C)O[Si](C)(C)C(C)(C)C. The summed E-state index contributed by atoms with van der Waals surface area (Å²) in [4.78, 5) is 11.5. The number of hydrogen-bond acceptors (Lipinski definition) is 4. The highest BCUT2D eigenvalue weighted by molar-refractivity contribution is 6.74. The molecule has 4 nitrogen and oxygen atoms in total. The molecular formula is C18H38O4Si2. The first-order chi connectivity index (χ1) is 10.5. The van der Waals surface area contributed by atoms with Crippen molar-refractivity contribution >= 4 is 22.6 Å². The summed E-state index contributed by atoms with van der Waals surface area (Å²) in [6.45, 7) is 22.6. The Morgan fingerprint density at radius 1 is 0.958 bits per heavy atom. The second kappa shape index (κ2) is 8.30. The van der Waals surface area contributed by atoms with Crippen LogP contribution in [0.5, 0.6) is 0 Å². The Bertz CT molecular complexity index is 443. The van der Waals surface area contributed by atoms with Gasteiger partial charge in [-0.2, -0.15) is 0 Å². The lowest BCUT2D eigenvalue weighted by Crippen LogP contribution is -2.47. The van der Waals surface area contributed by atoms with Crippen molar-refractivity contribution in [2.24, 2.45) is 0 Å². The average molecular weight is 375 g/mol. The van der Waals surface area contributed by atoms with E-state index in [1.165, 1.54) is 13.2 Å². The molecule has 0 bridgehead atoms. The molecule has 1 unspecified atom stereocenters. The van der Waals surface area contributed by atoms with Crippen LogP contribution in [0.15, 0.2) is 12.2 Å². The lowest BCUT2D eigenvalue weighted by molar-refractivity contribution is -0.134. The molecule has 142 valence electrons. The van der Waals surface area contributed by atoms with Gasteiger partial charge in [0, 0.05) is 6.08 Å². The molecule has 0 aliphatic heterocycles. The molecule has 0 N–H and O–H groups in total. The summed E-state index contributed by atoms with van der Waals surface area (Å²) in [5, 5.41) is 0.238. The molecule has 24 heavy (non-hydrogen) atoms. The van der Waals surface area contributed by atoms with Crippen molar-refractivity contribution in [3.8, 4) is 0 Å². The molecule has 0 rings (SSSR count). The van der Waals surface area contributed by atoms with Gasteiger partial charge in [-0.15, -0.1) is 0 Å². The molecule has 0 saturated carbocycles. The monoisotopic (exact) mass is 374 g/mol. The fourth-order valence-electron chi connectivity index (χ4n) is 1.44. The van der Waals surface area contributed by atoms with Gasteiger partial charge in [0.15, 0.2) is 16.6 Å². The molecule has 0 heterocycles. The maximum Gasteiger partial charge on any atom is 0.330 e. The van der Waals surface area contributed by atoms with Crippen LogP contribution in [0.25, 0.3) is 0 Å². The highest BCUT2D eigenvalue weighted by atomic mass is 28.4. The highest BCUT2D eigenvalue weighted by Gasteiger charge is 2.41. The molecule has 0 spiro atoms. The maximum atomic E-state index is 11.5. The molecule has 0 aliphatic carbocycles. The zero-order valence-electron chi connectivity index (χ0n) is 17.6. The molecule has 0 fully saturated rings. The van der Waals surface area contributed by atoms with E-state index in [0.717, 1.165) is 0 Å². The number of ether oxygens (including phenoxy) is 1. The Morgan fingerprint density at radius 2 is 1.42 bits per heavy atom. The molecular weight excluding hydrogens is 336 g/mol. The quantitative estimate of drug-likeness (QED) is 0.352. The van der Waals surface area contributed by atoms with E-state index in [-0.39, 0.29) is 22.1 Å². The number of carbonyl (C=O) groups is 1. The van der Waals surface area contributed by atoms with Crippen molar-refractivity contribution in [2.75, 3.05) is 13.7 Å². The normalized spacial score (nSPS) is 15.6. The van der Waals surface area contributed by atoms with Gasteiger partial charge in [-0.1, -0.05) is 41.5 Å². The van der Waals surface area contributed by atoms with Gasteiger partial charge in [0.05, 0.1) is 19.8 Å². The number of hydrogen-bond donors (Lipinski definition) is 0. The summed E-state index contributed by atoms with van der Waals surface area (Å²) in [6, 6.07) is 0. The number of rotatable bonds is 7. The van der Waals surface area contributed by atoms with Crippen LogP contribution in [-0.2, 0) is 18.4 Å². The van der Waals surface area contributed by atoms with Crippen LogP contribution in [-0.4, -0.2) is 42.4 Å². The smallest absolute Gasteiger partial charge is 0.330 e. The van der Waals surface area contributed by atoms with Crippen molar-refractivity contribution in [1.82, 2.24) is 0 Å². The number of carbonyl (C=O) groups excluding carboxylic acids is 1. The topological polar surface area (TPSA) is 44.8 Å². The molecule has 0 aromatic carbocycles. The summed E-state index contributed by atoms with van der Waals surface area (Å²) >= 11 is 0. The van der Waals surface area contributed by atoms with Crippen LogP contribution in [0.2, 0.25) is 36.3 Å². The van der Waals surface area contributed by atoms with Gasteiger partial charge in [0.1, 0.15) is 0 Å². The zero-order valence-corrected chi connectivity index (χ0v) is 19.6. The van der Waals surface area contributed by atoms with Gasteiger partial charge in [-0.05, 0) is 42.3 Å². The van der Waals surface area contributed by atoms with Crippen LogP contribution >= 0.6 is 0 Å². The molecule has 1 atom stereocenters. The Morgan fingerprint density at radius 3 is 1.79 bits per heavy atom. The van der Waals surface area contributed by atoms with Gasteiger partial charge >= 0.3 is 5.97 Å². The summed E-state index contributed by atoms with van der Waals surface area (Å²) in [6.07, 6.45) is 2.98. The molecule has 0 amide bonds. The standard InChI is InChI=1S/C18H38O4Si2/c1-17(2,3)23(8,9)21-14-15(12-13-16(19)20-7)22-24(10,11)18(4,5)6/h12-13,15H,14H2,1-11H3/b13-12-. The molecule has 0 aromatic heterocycles. The second-order valence-electron chi connectivity index (χ2n) is 9.37. The lowest BCUT2D eigenvalue weighted by atomic mass is 10.2. The zero-order chi connectivity index (χ0) is 19.4.